The average molecular weight is 389 g/mol. The Hall–Kier alpha value is -2.05. The molecule has 27 heavy (non-hydrogen) atoms. The Morgan fingerprint density at radius 2 is 1.85 bits per heavy atom. The fourth-order valence-corrected chi connectivity index (χ4v) is 3.61. The smallest absolute Gasteiger partial charge is 0.191 e. The molecule has 0 bridgehead atoms. The summed E-state index contributed by atoms with van der Waals surface area (Å²) in [5.41, 5.74) is 2.45. The largest absolute Gasteiger partial charge is 0.492 e. The Kier molecular flexibility index (Phi) is 9.15. The lowest BCUT2D eigenvalue weighted by molar-refractivity contribution is 0.221. The molecule has 1 aromatic heterocycles. The zero-order valence-corrected chi connectivity index (χ0v) is 17.7. The van der Waals surface area contributed by atoms with Crippen LogP contribution in [0.2, 0.25) is 0 Å². The number of likely N-dealkylation sites (N-methyl/N-ethyl adjacent to an activating group) is 1. The molecule has 2 N–H and O–H groups in total. The Morgan fingerprint density at radius 3 is 2.52 bits per heavy atom. The highest BCUT2D eigenvalue weighted by atomic mass is 32.1. The number of nitrogens with one attached hydrogen (secondary N) is 2. The molecule has 5 nitrogen and oxygen atoms in total. The Labute approximate surface area is 167 Å². The topological polar surface area (TPSA) is 48.9 Å². The van der Waals surface area contributed by atoms with Crippen LogP contribution in [-0.4, -0.2) is 44.1 Å². The van der Waals surface area contributed by atoms with Crippen LogP contribution in [-0.2, 0) is 13.1 Å². The lowest BCUT2D eigenvalue weighted by Gasteiger charge is -2.19. The lowest BCUT2D eigenvalue weighted by atomic mass is 10.2. The van der Waals surface area contributed by atoms with Gasteiger partial charge < -0.3 is 20.3 Å². The van der Waals surface area contributed by atoms with Gasteiger partial charge in [0.15, 0.2) is 5.96 Å². The molecule has 2 rings (SSSR count). The molecule has 1 aromatic carbocycles. The molecule has 0 radical (unpaired) electrons. The van der Waals surface area contributed by atoms with Crippen molar-refractivity contribution < 1.29 is 4.74 Å². The quantitative estimate of drug-likeness (QED) is 0.482. The van der Waals surface area contributed by atoms with Crippen molar-refractivity contribution in [3.63, 3.8) is 0 Å². The number of hydrogen-bond donors (Lipinski definition) is 2. The number of hydrogen-bond acceptors (Lipinski definition) is 4. The van der Waals surface area contributed by atoms with Gasteiger partial charge in [-0.2, -0.15) is 0 Å². The first-order valence-corrected chi connectivity index (χ1v) is 10.5. The summed E-state index contributed by atoms with van der Waals surface area (Å²) in [4.78, 5) is 8.01. The van der Waals surface area contributed by atoms with Gasteiger partial charge in [0.25, 0.3) is 0 Å². The van der Waals surface area contributed by atoms with Gasteiger partial charge >= 0.3 is 0 Å². The second-order valence-corrected chi connectivity index (χ2v) is 7.29. The van der Waals surface area contributed by atoms with Gasteiger partial charge in [0.2, 0.25) is 0 Å². The second kappa shape index (κ2) is 11.6. The Morgan fingerprint density at radius 1 is 1.11 bits per heavy atom. The van der Waals surface area contributed by atoms with E-state index in [2.05, 4.69) is 58.8 Å². The molecule has 2 aromatic rings. The highest BCUT2D eigenvalue weighted by Gasteiger charge is 2.07. The van der Waals surface area contributed by atoms with Crippen molar-refractivity contribution >= 4 is 17.3 Å². The van der Waals surface area contributed by atoms with Crippen LogP contribution in [0.5, 0.6) is 5.75 Å². The van der Waals surface area contributed by atoms with E-state index in [-0.39, 0.29) is 0 Å². The van der Waals surface area contributed by atoms with Crippen molar-refractivity contribution in [2.75, 3.05) is 33.3 Å². The van der Waals surface area contributed by atoms with Crippen molar-refractivity contribution in [1.82, 2.24) is 15.5 Å². The molecule has 6 heteroatoms. The van der Waals surface area contributed by atoms with Gasteiger partial charge in [-0.1, -0.05) is 32.0 Å². The molecule has 0 aliphatic carbocycles. The number of nitrogens with zero attached hydrogens (tertiary/aromatic N) is 2. The second-order valence-electron chi connectivity index (χ2n) is 6.29. The highest BCUT2D eigenvalue weighted by Crippen LogP contribution is 2.18. The molecule has 1 heterocycles. The third-order valence-electron chi connectivity index (χ3n) is 4.59. The maximum absolute atomic E-state index is 6.03. The van der Waals surface area contributed by atoms with Crippen LogP contribution in [0.1, 0.15) is 29.9 Å². The molecule has 0 saturated heterocycles. The summed E-state index contributed by atoms with van der Waals surface area (Å²) in [6, 6.07) is 10.3. The molecule has 0 atom stereocenters. The minimum Gasteiger partial charge on any atom is -0.492 e. The van der Waals surface area contributed by atoms with Crippen molar-refractivity contribution in [3.8, 4) is 5.75 Å². The highest BCUT2D eigenvalue weighted by molar-refractivity contribution is 7.10. The van der Waals surface area contributed by atoms with Gasteiger partial charge in [-0.15, -0.1) is 11.3 Å². The zero-order chi connectivity index (χ0) is 19.5. The first kappa shape index (κ1) is 21.3. The van der Waals surface area contributed by atoms with Crippen molar-refractivity contribution in [2.24, 2.45) is 4.99 Å². The lowest BCUT2D eigenvalue weighted by Crippen LogP contribution is -2.36. The SMILES string of the molecule is CCN(CC)CCOc1ccccc1CNC(=NC)NCc1sccc1C. The number of para-hydroxylation sites is 1. The summed E-state index contributed by atoms with van der Waals surface area (Å²) >= 11 is 1.76. The maximum Gasteiger partial charge on any atom is 0.191 e. The normalized spacial score (nSPS) is 11.7. The van der Waals surface area contributed by atoms with Crippen molar-refractivity contribution in [2.45, 2.75) is 33.9 Å². The number of thiophene rings is 1. The Bertz CT molecular complexity index is 710. The molecule has 0 fully saturated rings. The number of benzene rings is 1. The molecule has 0 aliphatic heterocycles. The number of guanidine groups is 1. The van der Waals surface area contributed by atoms with E-state index in [1.165, 1.54) is 10.4 Å². The van der Waals surface area contributed by atoms with Gasteiger partial charge in [0, 0.05) is 30.6 Å². The predicted molar refractivity (Wildman–Crippen MR) is 116 cm³/mol. The van der Waals surface area contributed by atoms with E-state index < -0.39 is 0 Å². The number of rotatable bonds is 10. The monoisotopic (exact) mass is 388 g/mol. The van der Waals surface area contributed by atoms with E-state index in [1.54, 1.807) is 18.4 Å². The van der Waals surface area contributed by atoms with E-state index in [1.807, 2.05) is 18.2 Å². The van der Waals surface area contributed by atoms with E-state index in [9.17, 15) is 0 Å². The van der Waals surface area contributed by atoms with Gasteiger partial charge in [-0.25, -0.2) is 0 Å². The Balaban J connectivity index is 1.86. The van der Waals surface area contributed by atoms with Gasteiger partial charge in [-0.05, 0) is 43.1 Å². The molecule has 0 spiro atoms. The number of aliphatic imine (C=N–C) groups is 1. The van der Waals surface area contributed by atoms with Gasteiger partial charge in [0.05, 0.1) is 6.54 Å². The van der Waals surface area contributed by atoms with Crippen molar-refractivity contribution in [3.05, 3.63) is 51.7 Å². The van der Waals surface area contributed by atoms with Crippen LogP contribution in [0.3, 0.4) is 0 Å². The maximum atomic E-state index is 6.03. The molecule has 0 saturated carbocycles. The summed E-state index contributed by atoms with van der Waals surface area (Å²) in [6.07, 6.45) is 0. The van der Waals surface area contributed by atoms with Gasteiger partial charge in [-0.3, -0.25) is 4.99 Å². The third-order valence-corrected chi connectivity index (χ3v) is 5.61. The standard InChI is InChI=1S/C21H32N4OS/c1-5-25(6-2)12-13-26-19-10-8-7-9-18(19)15-23-21(22-4)24-16-20-17(3)11-14-27-20/h7-11,14H,5-6,12-13,15-16H2,1-4H3,(H2,22,23,24). The summed E-state index contributed by atoms with van der Waals surface area (Å²) < 4.78 is 6.03. The van der Waals surface area contributed by atoms with Crippen LogP contribution in [0, 0.1) is 6.92 Å². The first-order valence-electron chi connectivity index (χ1n) is 9.58. The van der Waals surface area contributed by atoms with Crippen LogP contribution >= 0.6 is 11.3 Å². The number of ether oxygens (including phenoxy) is 1. The van der Waals surface area contributed by atoms with Crippen LogP contribution in [0.4, 0.5) is 0 Å². The molecule has 0 unspecified atom stereocenters. The summed E-state index contributed by atoms with van der Waals surface area (Å²) in [7, 11) is 1.79. The fraction of sp³-hybridized carbons (Fsp3) is 0.476. The van der Waals surface area contributed by atoms with E-state index >= 15 is 0 Å². The van der Waals surface area contributed by atoms with Gasteiger partial charge in [0.1, 0.15) is 12.4 Å². The molecular formula is C21H32N4OS. The molecule has 148 valence electrons. The fourth-order valence-electron chi connectivity index (χ4n) is 2.76. The summed E-state index contributed by atoms with van der Waals surface area (Å²) in [5.74, 6) is 1.72. The molecule has 0 amide bonds. The first-order chi connectivity index (χ1) is 13.2. The summed E-state index contributed by atoms with van der Waals surface area (Å²) in [6.45, 7) is 11.7. The minimum atomic E-state index is 0.671. The van der Waals surface area contributed by atoms with E-state index in [4.69, 9.17) is 4.74 Å². The number of aryl methyl sites for hydroxylation is 1. The minimum absolute atomic E-state index is 0.671. The zero-order valence-electron chi connectivity index (χ0n) is 16.9. The predicted octanol–water partition coefficient (Wildman–Crippen LogP) is 3.64. The molecular weight excluding hydrogens is 356 g/mol. The van der Waals surface area contributed by atoms with Crippen LogP contribution in [0.15, 0.2) is 40.7 Å². The van der Waals surface area contributed by atoms with E-state index in [0.717, 1.165) is 43.5 Å². The summed E-state index contributed by atoms with van der Waals surface area (Å²) in [5, 5.41) is 8.88. The van der Waals surface area contributed by atoms with Crippen LogP contribution < -0.4 is 15.4 Å². The van der Waals surface area contributed by atoms with Crippen molar-refractivity contribution in [1.29, 1.82) is 0 Å². The average Bonchev–Trinajstić information content (AvgIpc) is 3.11. The molecule has 0 aliphatic rings. The van der Waals surface area contributed by atoms with Crippen LogP contribution in [0.25, 0.3) is 0 Å². The van der Waals surface area contributed by atoms with E-state index in [0.29, 0.717) is 13.2 Å². The third kappa shape index (κ3) is 6.88.